The molecule has 3 aliphatic rings. The quantitative estimate of drug-likeness (QED) is 0.132. The summed E-state index contributed by atoms with van der Waals surface area (Å²) >= 11 is 0. The number of fused-ring (bicyclic) bond motifs is 3. The summed E-state index contributed by atoms with van der Waals surface area (Å²) in [5, 5.41) is 7.39. The van der Waals surface area contributed by atoms with E-state index >= 15 is 0 Å². The van der Waals surface area contributed by atoms with Crippen LogP contribution >= 0.6 is 0 Å². The number of nitrogens with one attached hydrogen (secondary N) is 4. The summed E-state index contributed by atoms with van der Waals surface area (Å²) < 4.78 is 9.37. The van der Waals surface area contributed by atoms with E-state index < -0.39 is 24.3 Å². The molecule has 8 rings (SSSR count). The molecule has 2 saturated heterocycles. The maximum Gasteiger partial charge on any atom is 0.407 e. The minimum absolute atomic E-state index is 0.124. The first-order chi connectivity index (χ1) is 27.1. The molecule has 1 saturated carbocycles. The number of ether oxygens (including phenoxy) is 2. The molecule has 14 nitrogen and oxygen atoms in total. The van der Waals surface area contributed by atoms with Gasteiger partial charge in [0.1, 0.15) is 23.7 Å². The molecule has 0 spiro atoms. The third kappa shape index (κ3) is 6.95. The first kappa shape index (κ1) is 36.8. The average Bonchev–Trinajstić information content (AvgIpc) is 4.08. The van der Waals surface area contributed by atoms with E-state index in [1.807, 2.05) is 11.1 Å². The molecule has 2 aromatic heterocycles. The van der Waals surface area contributed by atoms with Crippen LogP contribution in [-0.2, 0) is 19.1 Å². The Morgan fingerprint density at radius 3 is 1.98 bits per heavy atom. The van der Waals surface area contributed by atoms with E-state index in [9.17, 15) is 19.2 Å². The lowest BCUT2D eigenvalue weighted by Crippen LogP contribution is -2.50. The minimum Gasteiger partial charge on any atom is -0.453 e. The van der Waals surface area contributed by atoms with Gasteiger partial charge >= 0.3 is 12.2 Å². The number of nitrogens with zero attached hydrogens (tertiary/aromatic N) is 4. The van der Waals surface area contributed by atoms with Crippen LogP contribution in [0.25, 0.3) is 44.4 Å². The molecule has 56 heavy (non-hydrogen) atoms. The predicted molar refractivity (Wildman–Crippen MR) is 209 cm³/mol. The van der Waals surface area contributed by atoms with E-state index in [4.69, 9.17) is 9.72 Å². The van der Waals surface area contributed by atoms with Crippen LogP contribution in [0.1, 0.15) is 69.7 Å². The molecule has 1 aliphatic carbocycles. The minimum atomic E-state index is -0.704. The molecule has 290 valence electrons. The van der Waals surface area contributed by atoms with Crippen LogP contribution in [0.2, 0.25) is 0 Å². The number of hydrogen-bond donors (Lipinski definition) is 4. The summed E-state index contributed by atoms with van der Waals surface area (Å²) in [7, 11) is 2.56. The van der Waals surface area contributed by atoms with Gasteiger partial charge in [-0.15, -0.1) is 0 Å². The molecule has 5 aromatic rings. The van der Waals surface area contributed by atoms with Crippen molar-refractivity contribution in [1.29, 1.82) is 0 Å². The van der Waals surface area contributed by atoms with Crippen LogP contribution in [0.3, 0.4) is 0 Å². The lowest BCUT2D eigenvalue weighted by Gasteiger charge is -2.36. The van der Waals surface area contributed by atoms with Crippen molar-refractivity contribution in [2.24, 2.45) is 5.92 Å². The van der Waals surface area contributed by atoms with Crippen LogP contribution in [0.4, 0.5) is 9.59 Å². The van der Waals surface area contributed by atoms with Crippen molar-refractivity contribution in [1.82, 2.24) is 40.4 Å². The lowest BCUT2D eigenvalue weighted by molar-refractivity contribution is -0.137. The van der Waals surface area contributed by atoms with Crippen molar-refractivity contribution in [3.8, 4) is 33.6 Å². The van der Waals surface area contributed by atoms with E-state index in [0.29, 0.717) is 12.5 Å². The largest absolute Gasteiger partial charge is 0.453 e. The Bertz CT molecular complexity index is 2280. The van der Waals surface area contributed by atoms with Crippen molar-refractivity contribution in [2.45, 2.75) is 76.2 Å². The van der Waals surface area contributed by atoms with Gasteiger partial charge in [0.15, 0.2) is 0 Å². The number of benzene rings is 3. The van der Waals surface area contributed by atoms with Gasteiger partial charge in [0, 0.05) is 18.2 Å². The standard InChI is InChI=1S/C42H46N8O6/c1-23(45-41(53)55-3)39(51)49-17-5-6-35(49)37-43-21-33(47-37)26-9-7-25(8-10-26)27-11-12-29-19-30(14-13-28(29)18-27)34-22-44-38(48-34)36-31-15-16-32(20-31)50(36)40(52)24(2)46-42(54)56-4/h7-14,18-19,21-24,31-32,35-36H,5-6,15-17,20H2,1-4H3,(H,43,47)(H,44,48)(H,45,53)(H,46,54)/t23-,24-,31-,32+,35-,36-/m0/s1. The van der Waals surface area contributed by atoms with Gasteiger partial charge in [-0.05, 0) is 91.5 Å². The number of H-pyrrole nitrogens is 2. The first-order valence-electron chi connectivity index (χ1n) is 19.2. The Labute approximate surface area is 324 Å². The highest BCUT2D eigenvalue weighted by Gasteiger charge is 2.50. The van der Waals surface area contributed by atoms with Crippen molar-refractivity contribution in [3.05, 3.63) is 84.7 Å². The molecular weight excluding hydrogens is 713 g/mol. The van der Waals surface area contributed by atoms with Gasteiger partial charge in [-0.3, -0.25) is 9.59 Å². The van der Waals surface area contributed by atoms with E-state index in [1.54, 1.807) is 24.9 Å². The van der Waals surface area contributed by atoms with Crippen LogP contribution in [-0.4, -0.2) is 92.6 Å². The number of aromatic amines is 2. The smallest absolute Gasteiger partial charge is 0.407 e. The van der Waals surface area contributed by atoms with Gasteiger partial charge in [-0.25, -0.2) is 19.6 Å². The topological polar surface area (TPSA) is 175 Å². The van der Waals surface area contributed by atoms with E-state index in [1.165, 1.54) is 14.2 Å². The number of aromatic nitrogens is 4. The maximum absolute atomic E-state index is 13.5. The maximum atomic E-state index is 13.5. The highest BCUT2D eigenvalue weighted by atomic mass is 16.5. The Balaban J connectivity index is 0.948. The van der Waals surface area contributed by atoms with Gasteiger partial charge < -0.3 is 39.9 Å². The van der Waals surface area contributed by atoms with Gasteiger partial charge in [-0.2, -0.15) is 0 Å². The summed E-state index contributed by atoms with van der Waals surface area (Å²) in [6.45, 7) is 3.95. The highest BCUT2D eigenvalue weighted by Crippen LogP contribution is 2.50. The third-order valence-electron chi connectivity index (χ3n) is 11.6. The molecule has 6 atom stereocenters. The second-order valence-corrected chi connectivity index (χ2v) is 15.0. The number of amides is 4. The number of carbonyl (C=O) groups excluding carboxylic acids is 4. The number of carbonyl (C=O) groups is 4. The molecule has 14 heteroatoms. The number of rotatable bonds is 9. The second-order valence-electron chi connectivity index (χ2n) is 15.0. The second kappa shape index (κ2) is 15.2. The zero-order chi connectivity index (χ0) is 39.1. The van der Waals surface area contributed by atoms with E-state index in [-0.39, 0.29) is 29.9 Å². The van der Waals surface area contributed by atoms with Gasteiger partial charge in [0.2, 0.25) is 11.8 Å². The van der Waals surface area contributed by atoms with Crippen LogP contribution in [0.5, 0.6) is 0 Å². The number of alkyl carbamates (subject to hydrolysis) is 2. The average molecular weight is 759 g/mol. The van der Waals surface area contributed by atoms with Crippen molar-refractivity contribution in [3.63, 3.8) is 0 Å². The molecule has 3 fully saturated rings. The molecule has 4 heterocycles. The molecular formula is C42H46N8O6. The predicted octanol–water partition coefficient (Wildman–Crippen LogP) is 6.49. The van der Waals surface area contributed by atoms with Crippen molar-refractivity contribution < 1.29 is 28.7 Å². The SMILES string of the molecule is COC(=O)N[C@@H](C)C(=O)N1CCC[C@H]1c1ncc(-c2ccc(-c3ccc4cc(-c5cnc([C@@H]6[C@H]7CC[C@H](C7)N6C(=O)[C@H](C)NC(=O)OC)[nH]5)ccc4c3)cc2)[nH]1. The van der Waals surface area contributed by atoms with Gasteiger partial charge in [0.25, 0.3) is 0 Å². The molecule has 0 unspecified atom stereocenters. The number of piperidine rings is 1. The molecule has 2 aliphatic heterocycles. The zero-order valence-electron chi connectivity index (χ0n) is 31.9. The number of methoxy groups -OCH3 is 2. The molecule has 4 N–H and O–H groups in total. The van der Waals surface area contributed by atoms with Gasteiger partial charge in [-0.1, -0.05) is 48.5 Å². The summed E-state index contributed by atoms with van der Waals surface area (Å²) in [5.41, 5.74) is 5.92. The zero-order valence-corrected chi connectivity index (χ0v) is 31.9. The first-order valence-corrected chi connectivity index (χ1v) is 19.2. The van der Waals surface area contributed by atoms with Crippen LogP contribution in [0, 0.1) is 5.92 Å². The fraction of sp³-hybridized carbons (Fsp3) is 0.381. The Morgan fingerprint density at radius 2 is 1.29 bits per heavy atom. The highest BCUT2D eigenvalue weighted by molar-refractivity contribution is 5.91. The van der Waals surface area contributed by atoms with E-state index in [2.05, 4.69) is 91.0 Å². The fourth-order valence-corrected chi connectivity index (χ4v) is 8.76. The number of likely N-dealkylation sites (tertiary alicyclic amines) is 2. The van der Waals surface area contributed by atoms with Gasteiger partial charge in [0.05, 0.1) is 50.1 Å². The van der Waals surface area contributed by atoms with Crippen molar-refractivity contribution in [2.75, 3.05) is 20.8 Å². The third-order valence-corrected chi connectivity index (χ3v) is 11.6. The molecule has 0 radical (unpaired) electrons. The normalized spacial score (nSPS) is 21.2. The number of hydrogen-bond acceptors (Lipinski definition) is 8. The summed E-state index contributed by atoms with van der Waals surface area (Å²) in [4.78, 5) is 70.2. The van der Waals surface area contributed by atoms with Crippen LogP contribution < -0.4 is 10.6 Å². The summed E-state index contributed by atoms with van der Waals surface area (Å²) in [6, 6.07) is 19.5. The molecule has 4 amide bonds. The molecule has 2 bridgehead atoms. The monoisotopic (exact) mass is 758 g/mol. The lowest BCUT2D eigenvalue weighted by atomic mass is 9.97. The van der Waals surface area contributed by atoms with E-state index in [0.717, 1.165) is 88.2 Å². The Hall–Kier alpha value is -6.18. The fourth-order valence-electron chi connectivity index (χ4n) is 8.76. The summed E-state index contributed by atoms with van der Waals surface area (Å²) in [5.74, 6) is 1.52. The number of imidazole rings is 2. The summed E-state index contributed by atoms with van der Waals surface area (Å²) in [6.07, 6.45) is 6.96. The van der Waals surface area contributed by atoms with Crippen molar-refractivity contribution >= 4 is 34.8 Å². The van der Waals surface area contributed by atoms with Crippen LogP contribution in [0.15, 0.2) is 73.1 Å². The Kier molecular flexibility index (Phi) is 9.96. The Morgan fingerprint density at radius 1 is 0.714 bits per heavy atom. The molecule has 3 aromatic carbocycles.